The van der Waals surface area contributed by atoms with Gasteiger partial charge in [-0.05, 0) is 51.4 Å². The summed E-state index contributed by atoms with van der Waals surface area (Å²) in [6.45, 7) is 2.82. The molecule has 0 saturated heterocycles. The molecule has 0 atom stereocenters. The van der Waals surface area contributed by atoms with Crippen molar-refractivity contribution in [2.75, 3.05) is 6.54 Å². The van der Waals surface area contributed by atoms with E-state index in [9.17, 15) is 4.79 Å². The van der Waals surface area contributed by atoms with Crippen molar-refractivity contribution in [3.8, 4) is 0 Å². The van der Waals surface area contributed by atoms with Crippen molar-refractivity contribution in [3.63, 3.8) is 0 Å². The number of hydrogen-bond acceptors (Lipinski definition) is 2. The van der Waals surface area contributed by atoms with Gasteiger partial charge in [-0.1, -0.05) is 74.1 Å². The van der Waals surface area contributed by atoms with Crippen LogP contribution in [0.3, 0.4) is 0 Å². The Bertz CT molecular complexity index is 681. The van der Waals surface area contributed by atoms with Crippen LogP contribution in [0.15, 0.2) is 73.3 Å². The van der Waals surface area contributed by atoms with Crippen molar-refractivity contribution in [1.29, 1.82) is 0 Å². The number of aromatic amines is 1. The molecule has 1 aromatic rings. The van der Waals surface area contributed by atoms with Crippen molar-refractivity contribution >= 4 is 5.91 Å². The Morgan fingerprint density at radius 2 is 1.48 bits per heavy atom. The van der Waals surface area contributed by atoms with E-state index in [1.807, 2.05) is 0 Å². The Kier molecular flexibility index (Phi) is 17.6. The number of nitrogens with one attached hydrogen (secondary N) is 2. The van der Waals surface area contributed by atoms with Crippen LogP contribution in [-0.2, 0) is 11.2 Å². The van der Waals surface area contributed by atoms with Gasteiger partial charge in [-0.15, -0.1) is 0 Å². The second-order valence-electron chi connectivity index (χ2n) is 7.48. The van der Waals surface area contributed by atoms with Crippen LogP contribution in [0.2, 0.25) is 0 Å². The lowest BCUT2D eigenvalue weighted by Gasteiger charge is -2.04. The third kappa shape index (κ3) is 17.9. The van der Waals surface area contributed by atoms with Crippen LogP contribution >= 0.6 is 0 Å². The zero-order valence-electron chi connectivity index (χ0n) is 19.3. The van der Waals surface area contributed by atoms with E-state index in [-0.39, 0.29) is 5.91 Å². The first-order chi connectivity index (χ1) is 15.3. The molecule has 0 aliphatic rings. The summed E-state index contributed by atoms with van der Waals surface area (Å²) in [6, 6.07) is 0. The molecule has 31 heavy (non-hydrogen) atoms. The number of nitrogens with zero attached hydrogens (tertiary/aromatic N) is 1. The summed E-state index contributed by atoms with van der Waals surface area (Å²) in [5, 5.41) is 2.96. The molecule has 1 aromatic heterocycles. The molecule has 2 N–H and O–H groups in total. The maximum atomic E-state index is 11.8. The Hall–Kier alpha value is -2.62. The van der Waals surface area contributed by atoms with E-state index in [1.54, 1.807) is 12.5 Å². The van der Waals surface area contributed by atoms with Gasteiger partial charge in [0.05, 0.1) is 6.33 Å². The van der Waals surface area contributed by atoms with Gasteiger partial charge in [0.1, 0.15) is 0 Å². The minimum atomic E-state index is 0.148. The molecule has 0 unspecified atom stereocenters. The van der Waals surface area contributed by atoms with Crippen LogP contribution in [0.4, 0.5) is 0 Å². The lowest BCUT2D eigenvalue weighted by molar-refractivity contribution is -0.121. The lowest BCUT2D eigenvalue weighted by atomic mass is 10.1. The Morgan fingerprint density at radius 1 is 0.871 bits per heavy atom. The molecule has 170 valence electrons. The van der Waals surface area contributed by atoms with Gasteiger partial charge in [-0.3, -0.25) is 4.79 Å². The van der Waals surface area contributed by atoms with Gasteiger partial charge in [0.2, 0.25) is 5.91 Å². The van der Waals surface area contributed by atoms with E-state index in [0.29, 0.717) is 13.0 Å². The van der Waals surface area contributed by atoms with Crippen molar-refractivity contribution < 1.29 is 4.79 Å². The number of carbonyl (C=O) groups excluding carboxylic acids is 1. The summed E-state index contributed by atoms with van der Waals surface area (Å²) in [4.78, 5) is 18.8. The topological polar surface area (TPSA) is 57.8 Å². The van der Waals surface area contributed by atoms with Crippen LogP contribution in [-0.4, -0.2) is 22.4 Å². The fraction of sp³-hybridized carbons (Fsp3) is 0.481. The third-order valence-corrected chi connectivity index (χ3v) is 4.70. The fourth-order valence-corrected chi connectivity index (χ4v) is 2.94. The summed E-state index contributed by atoms with van der Waals surface area (Å²) in [5.41, 5.74) is 1.05. The van der Waals surface area contributed by atoms with Crippen molar-refractivity contribution in [1.82, 2.24) is 15.3 Å². The molecular formula is C27H41N3O. The number of hydrogen-bond donors (Lipinski definition) is 2. The van der Waals surface area contributed by atoms with Gasteiger partial charge >= 0.3 is 0 Å². The van der Waals surface area contributed by atoms with Crippen LogP contribution in [0.5, 0.6) is 0 Å². The summed E-state index contributed by atoms with van der Waals surface area (Å²) >= 11 is 0. The van der Waals surface area contributed by atoms with E-state index in [1.165, 1.54) is 0 Å². The van der Waals surface area contributed by atoms with Crippen molar-refractivity contribution in [2.24, 2.45) is 0 Å². The number of rotatable bonds is 18. The molecule has 1 heterocycles. The number of unbranched alkanes of at least 4 members (excludes halogenated alkanes) is 3. The largest absolute Gasteiger partial charge is 0.356 e. The summed E-state index contributed by atoms with van der Waals surface area (Å²) < 4.78 is 0. The molecule has 0 aliphatic heterocycles. The smallest absolute Gasteiger partial charge is 0.220 e. The van der Waals surface area contributed by atoms with E-state index in [0.717, 1.165) is 69.9 Å². The minimum Gasteiger partial charge on any atom is -0.356 e. The van der Waals surface area contributed by atoms with Gasteiger partial charge in [-0.25, -0.2) is 4.98 Å². The molecule has 0 fully saturated rings. The predicted molar refractivity (Wildman–Crippen MR) is 133 cm³/mol. The first-order valence-electron chi connectivity index (χ1n) is 11.8. The predicted octanol–water partition coefficient (Wildman–Crippen LogP) is 6.77. The number of amides is 1. The zero-order valence-corrected chi connectivity index (χ0v) is 19.3. The quantitative estimate of drug-likeness (QED) is 0.202. The SMILES string of the molecule is CC/C=C\C/C=C\C/C=C\C/C=C\C/C=C\CCCCCC(=O)NCCc1cnc[nH]1. The van der Waals surface area contributed by atoms with E-state index in [4.69, 9.17) is 0 Å². The summed E-state index contributed by atoms with van der Waals surface area (Å²) in [7, 11) is 0. The number of allylic oxidation sites excluding steroid dienone is 10. The second kappa shape index (κ2) is 20.6. The van der Waals surface area contributed by atoms with Gasteiger partial charge in [0, 0.05) is 31.3 Å². The highest BCUT2D eigenvalue weighted by Crippen LogP contribution is 2.04. The maximum Gasteiger partial charge on any atom is 0.220 e. The number of imidazole rings is 1. The molecule has 0 saturated carbocycles. The first kappa shape index (κ1) is 26.4. The zero-order chi connectivity index (χ0) is 22.2. The van der Waals surface area contributed by atoms with Crippen molar-refractivity contribution in [3.05, 3.63) is 79.0 Å². The molecule has 0 aliphatic carbocycles. The van der Waals surface area contributed by atoms with Crippen LogP contribution in [0.1, 0.15) is 76.8 Å². The summed E-state index contributed by atoms with van der Waals surface area (Å²) in [5.74, 6) is 0.148. The second-order valence-corrected chi connectivity index (χ2v) is 7.48. The fourth-order valence-electron chi connectivity index (χ4n) is 2.94. The molecule has 1 amide bonds. The van der Waals surface area contributed by atoms with Crippen LogP contribution in [0.25, 0.3) is 0 Å². The maximum absolute atomic E-state index is 11.8. The first-order valence-corrected chi connectivity index (χ1v) is 11.8. The van der Waals surface area contributed by atoms with Crippen LogP contribution < -0.4 is 5.32 Å². The highest BCUT2D eigenvalue weighted by molar-refractivity contribution is 5.75. The third-order valence-electron chi connectivity index (χ3n) is 4.70. The molecule has 0 aromatic carbocycles. The number of aromatic nitrogens is 2. The minimum absolute atomic E-state index is 0.148. The molecule has 4 heteroatoms. The van der Waals surface area contributed by atoms with Crippen LogP contribution in [0, 0.1) is 0 Å². The number of carbonyl (C=O) groups is 1. The van der Waals surface area contributed by atoms with E-state index >= 15 is 0 Å². The number of H-pyrrole nitrogens is 1. The average Bonchev–Trinajstić information content (AvgIpc) is 3.29. The van der Waals surface area contributed by atoms with Gasteiger partial charge in [-0.2, -0.15) is 0 Å². The molecule has 0 radical (unpaired) electrons. The molecule has 4 nitrogen and oxygen atoms in total. The molecule has 0 spiro atoms. The Morgan fingerprint density at radius 3 is 2.06 bits per heavy atom. The standard InChI is InChI=1S/C27H41N3O/c1-2-3-4-5-6-7-8-9-10-11-12-13-14-15-16-17-18-19-20-21-27(31)29-23-22-26-24-28-25-30-26/h3-4,6-7,9-10,12-13,15-16,24-25H,2,5,8,11,14,17-23H2,1H3,(H,28,30)(H,29,31)/b4-3-,7-6-,10-9-,13-12-,16-15-. The van der Waals surface area contributed by atoms with Gasteiger partial charge in [0.25, 0.3) is 0 Å². The molecule has 1 rings (SSSR count). The lowest BCUT2D eigenvalue weighted by Crippen LogP contribution is -2.25. The van der Waals surface area contributed by atoms with Gasteiger partial charge < -0.3 is 10.3 Å². The normalized spacial score (nSPS) is 12.4. The Balaban J connectivity index is 1.87. The average molecular weight is 424 g/mol. The van der Waals surface area contributed by atoms with E-state index < -0.39 is 0 Å². The highest BCUT2D eigenvalue weighted by Gasteiger charge is 2.01. The van der Waals surface area contributed by atoms with E-state index in [2.05, 4.69) is 83.0 Å². The Labute approximate surface area is 189 Å². The molecule has 0 bridgehead atoms. The highest BCUT2D eigenvalue weighted by atomic mass is 16.1. The van der Waals surface area contributed by atoms with Crippen molar-refractivity contribution in [2.45, 2.75) is 77.6 Å². The monoisotopic (exact) mass is 423 g/mol. The molecular weight excluding hydrogens is 382 g/mol. The summed E-state index contributed by atoms with van der Waals surface area (Å²) in [6.07, 6.45) is 36.6. The van der Waals surface area contributed by atoms with Gasteiger partial charge in [0.15, 0.2) is 0 Å².